The van der Waals surface area contributed by atoms with E-state index < -0.39 is 0 Å². The summed E-state index contributed by atoms with van der Waals surface area (Å²) in [6, 6.07) is 13.8. The van der Waals surface area contributed by atoms with E-state index in [-0.39, 0.29) is 49.7 Å². The van der Waals surface area contributed by atoms with Gasteiger partial charge in [0.2, 0.25) is 5.91 Å². The van der Waals surface area contributed by atoms with Crippen LogP contribution in [-0.4, -0.2) is 102 Å². The number of benzene rings is 2. The zero-order chi connectivity index (χ0) is 32.2. The lowest BCUT2D eigenvalue weighted by atomic mass is 10.0. The predicted octanol–water partition coefficient (Wildman–Crippen LogP) is 3.36. The maximum absolute atomic E-state index is 14.2. The van der Waals surface area contributed by atoms with Crippen LogP contribution in [0, 0.1) is 11.3 Å². The van der Waals surface area contributed by atoms with E-state index in [9.17, 15) is 14.9 Å². The van der Waals surface area contributed by atoms with Crippen molar-refractivity contribution in [3.05, 3.63) is 65.9 Å². The Bertz CT molecular complexity index is 1670. The fraction of sp³-hybridized carbons (Fsp3) is 0.441. The first-order valence-electron chi connectivity index (χ1n) is 15.6. The monoisotopic (exact) mass is 625 g/mol. The van der Waals surface area contributed by atoms with Crippen LogP contribution in [0.5, 0.6) is 11.8 Å². The molecule has 12 heteroatoms. The molecule has 1 aromatic heterocycles. The van der Waals surface area contributed by atoms with E-state index >= 15 is 0 Å². The summed E-state index contributed by atoms with van der Waals surface area (Å²) in [5, 5.41) is 11.3. The molecule has 6 rings (SSSR count). The van der Waals surface area contributed by atoms with E-state index in [1.54, 1.807) is 23.0 Å². The van der Waals surface area contributed by atoms with Crippen LogP contribution in [0.25, 0.3) is 10.8 Å². The number of nitriles is 1. The molecule has 240 valence electrons. The smallest absolute Gasteiger partial charge is 0.318 e. The van der Waals surface area contributed by atoms with Crippen LogP contribution in [0.3, 0.4) is 0 Å². The molecule has 0 radical (unpaired) electrons. The third-order valence-electron chi connectivity index (χ3n) is 9.08. The van der Waals surface area contributed by atoms with E-state index in [1.807, 2.05) is 30.3 Å². The van der Waals surface area contributed by atoms with Crippen molar-refractivity contribution in [2.75, 3.05) is 58.6 Å². The maximum Gasteiger partial charge on any atom is 0.318 e. The Hall–Kier alpha value is -4.73. The van der Waals surface area contributed by atoms with Crippen LogP contribution in [-0.2, 0) is 22.6 Å². The van der Waals surface area contributed by atoms with Crippen LogP contribution in [0.4, 0.5) is 5.82 Å². The van der Waals surface area contributed by atoms with Gasteiger partial charge in [0.05, 0.1) is 42.9 Å². The van der Waals surface area contributed by atoms with Gasteiger partial charge in [0, 0.05) is 38.3 Å². The largest absolute Gasteiger partial charge is 0.468 e. The predicted molar refractivity (Wildman–Crippen MR) is 171 cm³/mol. The Morgan fingerprint density at radius 2 is 1.96 bits per heavy atom. The lowest BCUT2D eigenvalue weighted by Gasteiger charge is -2.41. The van der Waals surface area contributed by atoms with Crippen molar-refractivity contribution in [2.45, 2.75) is 44.4 Å². The number of ether oxygens (including phenoxy) is 3. The normalized spacial score (nSPS) is 19.6. The first kappa shape index (κ1) is 31.3. The highest BCUT2D eigenvalue weighted by atomic mass is 16.7. The second kappa shape index (κ2) is 13.7. The molecule has 2 fully saturated rings. The van der Waals surface area contributed by atoms with E-state index in [2.05, 4.69) is 29.5 Å². The highest BCUT2D eigenvalue weighted by Crippen LogP contribution is 2.35. The molecule has 3 aliphatic rings. The van der Waals surface area contributed by atoms with Gasteiger partial charge in [0.1, 0.15) is 18.2 Å². The van der Waals surface area contributed by atoms with Gasteiger partial charge in [0.25, 0.3) is 5.91 Å². The second-order valence-corrected chi connectivity index (χ2v) is 11.9. The molecule has 12 nitrogen and oxygen atoms in total. The van der Waals surface area contributed by atoms with Crippen LogP contribution in [0.2, 0.25) is 0 Å². The molecule has 2 aromatic carbocycles. The van der Waals surface area contributed by atoms with Gasteiger partial charge >= 0.3 is 6.01 Å². The Labute approximate surface area is 268 Å². The quantitative estimate of drug-likeness (QED) is 0.245. The molecular formula is C34H39N7O5. The zero-order valence-corrected chi connectivity index (χ0v) is 26.4. The minimum absolute atomic E-state index is 0.0674. The van der Waals surface area contributed by atoms with E-state index in [0.717, 1.165) is 41.4 Å². The van der Waals surface area contributed by atoms with Gasteiger partial charge in [-0.3, -0.25) is 9.59 Å². The number of piperazine rings is 1. The second-order valence-electron chi connectivity index (χ2n) is 11.9. The number of likely N-dealkylation sites (tertiary alicyclic amines) is 1. The summed E-state index contributed by atoms with van der Waals surface area (Å²) in [7, 11) is 3.65. The minimum Gasteiger partial charge on any atom is -0.468 e. The molecule has 46 heavy (non-hydrogen) atoms. The summed E-state index contributed by atoms with van der Waals surface area (Å²) in [5.74, 6) is 0.870. The Morgan fingerprint density at radius 3 is 2.72 bits per heavy atom. The Morgan fingerprint density at radius 1 is 1.11 bits per heavy atom. The van der Waals surface area contributed by atoms with Crippen LogP contribution in [0.15, 0.2) is 49.1 Å². The fourth-order valence-corrected chi connectivity index (χ4v) is 6.62. The van der Waals surface area contributed by atoms with Crippen molar-refractivity contribution in [3.63, 3.8) is 0 Å². The summed E-state index contributed by atoms with van der Waals surface area (Å²) in [4.78, 5) is 44.3. The molecule has 0 unspecified atom stereocenters. The number of anilines is 1. The third kappa shape index (κ3) is 6.34. The summed E-state index contributed by atoms with van der Waals surface area (Å²) in [6.45, 7) is 7.14. The van der Waals surface area contributed by atoms with Crippen LogP contribution >= 0.6 is 0 Å². The standard InChI is InChI=1S/C34H39N7O5/c1-4-31(42)41-15-14-39(18-24(41)11-12-35)32-29-19-40(20-30(29)36-34(37-32)45-21-25-9-7-13-38(25)2)33(43)28-17-26(46-22-44-3)16-23-8-5-6-10-27(23)28/h4-6,8,10,16-17,24-25H,1,7,9,11,13-15,18-22H2,2-3H3/t24-,25-/m0/s1. The average Bonchev–Trinajstić information content (AvgIpc) is 3.70. The van der Waals surface area contributed by atoms with Crippen molar-refractivity contribution < 1.29 is 23.8 Å². The van der Waals surface area contributed by atoms with Gasteiger partial charge in [-0.2, -0.15) is 15.2 Å². The van der Waals surface area contributed by atoms with E-state index in [1.165, 1.54) is 6.08 Å². The number of nitrogens with zero attached hydrogens (tertiary/aromatic N) is 7. The lowest BCUT2D eigenvalue weighted by Crippen LogP contribution is -2.55. The lowest BCUT2D eigenvalue weighted by molar-refractivity contribution is -0.128. The molecule has 0 saturated carbocycles. The zero-order valence-electron chi connectivity index (χ0n) is 26.4. The fourth-order valence-electron chi connectivity index (χ4n) is 6.62. The maximum atomic E-state index is 14.2. The summed E-state index contributed by atoms with van der Waals surface area (Å²) >= 11 is 0. The number of fused-ring (bicyclic) bond motifs is 2. The SMILES string of the molecule is C=CC(=O)N1CCN(c2nc(OC[C@@H]3CCCN3C)nc3c2CN(C(=O)c2cc(OCOC)cc4ccccc24)C3)C[C@@H]1CC#N. The number of likely N-dealkylation sites (N-methyl/N-ethyl adjacent to an activating group) is 1. The first-order chi connectivity index (χ1) is 22.4. The molecule has 2 atom stereocenters. The molecule has 0 bridgehead atoms. The molecule has 0 aliphatic carbocycles. The number of carbonyl (C=O) groups excluding carboxylic acids is 2. The van der Waals surface area contributed by atoms with Crippen LogP contribution < -0.4 is 14.4 Å². The number of carbonyl (C=O) groups is 2. The van der Waals surface area contributed by atoms with Crippen molar-refractivity contribution in [3.8, 4) is 17.8 Å². The van der Waals surface area contributed by atoms with Crippen molar-refractivity contribution in [1.82, 2.24) is 24.7 Å². The summed E-state index contributed by atoms with van der Waals surface area (Å²) < 4.78 is 17.0. The number of rotatable bonds is 10. The van der Waals surface area contributed by atoms with E-state index in [0.29, 0.717) is 49.9 Å². The van der Waals surface area contributed by atoms with Gasteiger partial charge in [0.15, 0.2) is 6.79 Å². The van der Waals surface area contributed by atoms with Gasteiger partial charge in [-0.15, -0.1) is 0 Å². The molecule has 4 heterocycles. The molecule has 3 aromatic rings. The van der Waals surface area contributed by atoms with Crippen LogP contribution in [0.1, 0.15) is 40.9 Å². The van der Waals surface area contributed by atoms with Crippen molar-refractivity contribution >= 4 is 28.4 Å². The highest BCUT2D eigenvalue weighted by molar-refractivity contribution is 6.08. The van der Waals surface area contributed by atoms with Crippen molar-refractivity contribution in [1.29, 1.82) is 5.26 Å². The summed E-state index contributed by atoms with van der Waals surface area (Å²) in [5.41, 5.74) is 2.09. The van der Waals surface area contributed by atoms with Gasteiger partial charge < -0.3 is 33.8 Å². The highest BCUT2D eigenvalue weighted by Gasteiger charge is 2.36. The van der Waals surface area contributed by atoms with E-state index in [4.69, 9.17) is 24.2 Å². The van der Waals surface area contributed by atoms with Gasteiger partial charge in [-0.1, -0.05) is 30.8 Å². The topological polar surface area (TPSA) is 124 Å². The summed E-state index contributed by atoms with van der Waals surface area (Å²) in [6.07, 6.45) is 3.64. The molecule has 0 N–H and O–H groups in total. The molecule has 2 saturated heterocycles. The first-order valence-corrected chi connectivity index (χ1v) is 15.6. The minimum atomic E-state index is -0.327. The molecule has 3 aliphatic heterocycles. The molecular weight excluding hydrogens is 586 g/mol. The number of aromatic nitrogens is 2. The number of hydrogen-bond acceptors (Lipinski definition) is 10. The third-order valence-corrected chi connectivity index (χ3v) is 9.08. The van der Waals surface area contributed by atoms with Gasteiger partial charge in [-0.25, -0.2) is 0 Å². The van der Waals surface area contributed by atoms with Crippen molar-refractivity contribution in [2.24, 2.45) is 0 Å². The average molecular weight is 626 g/mol. The number of hydrogen-bond donors (Lipinski definition) is 0. The number of methoxy groups -OCH3 is 1. The molecule has 0 spiro atoms. The van der Waals surface area contributed by atoms with Gasteiger partial charge in [-0.05, 0) is 55.4 Å². The Balaban J connectivity index is 1.32. The number of amides is 2. The Kier molecular flexibility index (Phi) is 9.33. The molecule has 2 amide bonds.